The molecule has 0 radical (unpaired) electrons. The maximum atomic E-state index is 5.63. The number of nitrogens with two attached hydrogens (primary N) is 1. The number of nitrogens with zero attached hydrogens (tertiary/aromatic N) is 2. The predicted octanol–water partition coefficient (Wildman–Crippen LogP) is 0.750. The van der Waals surface area contributed by atoms with Gasteiger partial charge in [-0.3, -0.25) is 9.80 Å². The highest BCUT2D eigenvalue weighted by Gasteiger charge is 2.38. The summed E-state index contributed by atoms with van der Waals surface area (Å²) in [5.41, 5.74) is 5.63. The van der Waals surface area contributed by atoms with E-state index < -0.39 is 0 Å². The quantitative estimate of drug-likeness (QED) is 0.745. The van der Waals surface area contributed by atoms with Crippen molar-refractivity contribution in [3.05, 3.63) is 0 Å². The minimum atomic E-state index is 0.762. The average Bonchev–Trinajstić information content (AvgIpc) is 3.01. The smallest absolute Gasteiger partial charge is 0.0249 e. The van der Waals surface area contributed by atoms with Gasteiger partial charge >= 0.3 is 0 Å². The third-order valence-electron chi connectivity index (χ3n) is 3.78. The first-order valence-corrected chi connectivity index (χ1v) is 6.40. The van der Waals surface area contributed by atoms with Crippen molar-refractivity contribution in [2.75, 3.05) is 32.7 Å². The average molecular weight is 211 g/mol. The summed E-state index contributed by atoms with van der Waals surface area (Å²) in [5.74, 6) is 0.770. The zero-order chi connectivity index (χ0) is 10.8. The van der Waals surface area contributed by atoms with Gasteiger partial charge in [0.2, 0.25) is 0 Å². The van der Waals surface area contributed by atoms with E-state index in [9.17, 15) is 0 Å². The van der Waals surface area contributed by atoms with Crippen molar-refractivity contribution in [1.29, 1.82) is 0 Å². The molecule has 0 bridgehead atoms. The second-order valence-electron chi connectivity index (χ2n) is 5.37. The summed E-state index contributed by atoms with van der Waals surface area (Å²) in [4.78, 5) is 5.28. The zero-order valence-electron chi connectivity index (χ0n) is 10.2. The number of hydrogen-bond acceptors (Lipinski definition) is 3. The standard InChI is InChI=1S/C12H25N3/c1-10(2)12-9-14(6-5-13)7-8-15(12)11-3-4-11/h10-12H,3-9,13H2,1-2H3. The van der Waals surface area contributed by atoms with Crippen molar-refractivity contribution < 1.29 is 0 Å². The Morgan fingerprint density at radius 3 is 2.53 bits per heavy atom. The van der Waals surface area contributed by atoms with Crippen LogP contribution >= 0.6 is 0 Å². The van der Waals surface area contributed by atoms with Crippen molar-refractivity contribution in [1.82, 2.24) is 9.80 Å². The molecule has 2 N–H and O–H groups in total. The molecule has 1 saturated carbocycles. The molecule has 0 aromatic carbocycles. The third kappa shape index (κ3) is 2.71. The van der Waals surface area contributed by atoms with Gasteiger partial charge in [-0.2, -0.15) is 0 Å². The molecule has 2 aliphatic rings. The molecule has 2 fully saturated rings. The molecule has 1 atom stereocenters. The molecule has 3 heteroatoms. The van der Waals surface area contributed by atoms with Gasteiger partial charge in [-0.25, -0.2) is 0 Å². The van der Waals surface area contributed by atoms with Crippen molar-refractivity contribution in [3.8, 4) is 0 Å². The van der Waals surface area contributed by atoms with E-state index in [-0.39, 0.29) is 0 Å². The molecule has 1 unspecified atom stereocenters. The van der Waals surface area contributed by atoms with Crippen LogP contribution in [0, 0.1) is 5.92 Å². The SMILES string of the molecule is CC(C)C1CN(CCN)CCN1C1CC1. The lowest BCUT2D eigenvalue weighted by molar-refractivity contribution is 0.0455. The van der Waals surface area contributed by atoms with Crippen LogP contribution in [0.3, 0.4) is 0 Å². The Balaban J connectivity index is 1.92. The van der Waals surface area contributed by atoms with Gasteiger partial charge in [-0.05, 0) is 18.8 Å². The fraction of sp³-hybridized carbons (Fsp3) is 1.00. The van der Waals surface area contributed by atoms with E-state index in [2.05, 4.69) is 23.6 Å². The molecule has 2 rings (SSSR count). The fourth-order valence-electron chi connectivity index (χ4n) is 2.72. The summed E-state index contributed by atoms with van der Waals surface area (Å²) < 4.78 is 0. The molecule has 1 aliphatic carbocycles. The van der Waals surface area contributed by atoms with Crippen molar-refractivity contribution >= 4 is 0 Å². The Bertz CT molecular complexity index is 201. The van der Waals surface area contributed by atoms with E-state index in [0.717, 1.165) is 31.1 Å². The van der Waals surface area contributed by atoms with Gasteiger partial charge in [0.25, 0.3) is 0 Å². The van der Waals surface area contributed by atoms with Gasteiger partial charge in [-0.1, -0.05) is 13.8 Å². The first kappa shape index (κ1) is 11.4. The van der Waals surface area contributed by atoms with Crippen LogP contribution in [0.15, 0.2) is 0 Å². The molecule has 88 valence electrons. The lowest BCUT2D eigenvalue weighted by Crippen LogP contribution is -2.56. The zero-order valence-corrected chi connectivity index (χ0v) is 10.2. The Hall–Kier alpha value is -0.120. The first-order valence-electron chi connectivity index (χ1n) is 6.40. The molecule has 0 amide bonds. The topological polar surface area (TPSA) is 32.5 Å². The number of piperazine rings is 1. The number of rotatable bonds is 4. The number of hydrogen-bond donors (Lipinski definition) is 1. The Labute approximate surface area is 93.6 Å². The molecule has 1 saturated heterocycles. The normalized spacial score (nSPS) is 30.0. The van der Waals surface area contributed by atoms with Crippen LogP contribution in [0.2, 0.25) is 0 Å². The van der Waals surface area contributed by atoms with E-state index in [4.69, 9.17) is 5.73 Å². The van der Waals surface area contributed by atoms with Crippen LogP contribution in [-0.2, 0) is 0 Å². The van der Waals surface area contributed by atoms with Crippen LogP contribution < -0.4 is 5.73 Å². The monoisotopic (exact) mass is 211 g/mol. The first-order chi connectivity index (χ1) is 7.22. The van der Waals surface area contributed by atoms with Crippen LogP contribution in [0.25, 0.3) is 0 Å². The van der Waals surface area contributed by atoms with Gasteiger partial charge in [0, 0.05) is 44.8 Å². The van der Waals surface area contributed by atoms with Crippen LogP contribution in [0.1, 0.15) is 26.7 Å². The van der Waals surface area contributed by atoms with E-state index in [1.165, 1.54) is 32.5 Å². The second kappa shape index (κ2) is 4.81. The highest BCUT2D eigenvalue weighted by molar-refractivity contribution is 4.94. The molecule has 3 nitrogen and oxygen atoms in total. The summed E-state index contributed by atoms with van der Waals surface area (Å²) >= 11 is 0. The van der Waals surface area contributed by atoms with Crippen LogP contribution in [-0.4, -0.2) is 54.6 Å². The Morgan fingerprint density at radius 1 is 1.27 bits per heavy atom. The van der Waals surface area contributed by atoms with Gasteiger partial charge in [0.1, 0.15) is 0 Å². The van der Waals surface area contributed by atoms with Gasteiger partial charge < -0.3 is 5.73 Å². The lowest BCUT2D eigenvalue weighted by Gasteiger charge is -2.43. The molecular weight excluding hydrogens is 186 g/mol. The Morgan fingerprint density at radius 2 is 2.00 bits per heavy atom. The molecule has 1 heterocycles. The highest BCUT2D eigenvalue weighted by Crippen LogP contribution is 2.32. The highest BCUT2D eigenvalue weighted by atomic mass is 15.3. The fourth-order valence-corrected chi connectivity index (χ4v) is 2.72. The molecular formula is C12H25N3. The van der Waals surface area contributed by atoms with Gasteiger partial charge in [0.15, 0.2) is 0 Å². The summed E-state index contributed by atoms with van der Waals surface area (Å²) in [6, 6.07) is 1.68. The van der Waals surface area contributed by atoms with E-state index in [1.54, 1.807) is 0 Å². The largest absolute Gasteiger partial charge is 0.329 e. The van der Waals surface area contributed by atoms with E-state index in [1.807, 2.05) is 0 Å². The maximum Gasteiger partial charge on any atom is 0.0249 e. The summed E-state index contributed by atoms with van der Waals surface area (Å²) in [6.07, 6.45) is 2.86. The second-order valence-corrected chi connectivity index (χ2v) is 5.37. The van der Waals surface area contributed by atoms with Crippen LogP contribution in [0.4, 0.5) is 0 Å². The minimum Gasteiger partial charge on any atom is -0.329 e. The van der Waals surface area contributed by atoms with Crippen molar-refractivity contribution in [2.45, 2.75) is 38.8 Å². The van der Waals surface area contributed by atoms with Gasteiger partial charge in [-0.15, -0.1) is 0 Å². The minimum absolute atomic E-state index is 0.762. The summed E-state index contributed by atoms with van der Waals surface area (Å²) in [5, 5.41) is 0. The molecule has 0 aromatic rings. The summed E-state index contributed by atoms with van der Waals surface area (Å²) in [7, 11) is 0. The Kier molecular flexibility index (Phi) is 3.65. The van der Waals surface area contributed by atoms with Crippen molar-refractivity contribution in [2.24, 2.45) is 11.7 Å². The lowest BCUT2D eigenvalue weighted by atomic mass is 9.99. The molecule has 1 aliphatic heterocycles. The predicted molar refractivity (Wildman–Crippen MR) is 63.8 cm³/mol. The third-order valence-corrected chi connectivity index (χ3v) is 3.78. The summed E-state index contributed by atoms with van der Waals surface area (Å²) in [6.45, 7) is 10.3. The molecule has 15 heavy (non-hydrogen) atoms. The van der Waals surface area contributed by atoms with Crippen molar-refractivity contribution in [3.63, 3.8) is 0 Å². The van der Waals surface area contributed by atoms with E-state index >= 15 is 0 Å². The molecule has 0 spiro atoms. The van der Waals surface area contributed by atoms with E-state index in [0.29, 0.717) is 0 Å². The van der Waals surface area contributed by atoms with Crippen LogP contribution in [0.5, 0.6) is 0 Å². The van der Waals surface area contributed by atoms with Gasteiger partial charge in [0.05, 0.1) is 0 Å². The maximum absolute atomic E-state index is 5.63. The molecule has 0 aromatic heterocycles.